The summed E-state index contributed by atoms with van der Waals surface area (Å²) in [5, 5.41) is 0. The van der Waals surface area contributed by atoms with Gasteiger partial charge in [0.15, 0.2) is 0 Å². The van der Waals surface area contributed by atoms with Crippen LogP contribution < -0.4 is 0 Å². The van der Waals surface area contributed by atoms with Crippen molar-refractivity contribution in [1.29, 1.82) is 0 Å². The van der Waals surface area contributed by atoms with Crippen LogP contribution in [0.4, 0.5) is 0 Å². The molecule has 0 fully saturated rings. The fourth-order valence-electron chi connectivity index (χ4n) is 2.75. The van der Waals surface area contributed by atoms with Gasteiger partial charge in [-0.2, -0.15) is 0 Å². The maximum atomic E-state index is 4.31. The number of hydrogen-bond acceptors (Lipinski definition) is 1. The quantitative estimate of drug-likeness (QED) is 0.359. The second-order valence-electron chi connectivity index (χ2n) is 5.88. The second-order valence-corrected chi connectivity index (χ2v) is 5.88. The lowest BCUT2D eigenvalue weighted by Crippen LogP contribution is -2.17. The summed E-state index contributed by atoms with van der Waals surface area (Å²) in [4.78, 5) is 4.31. The van der Waals surface area contributed by atoms with E-state index in [4.69, 9.17) is 0 Å². The van der Waals surface area contributed by atoms with Crippen molar-refractivity contribution in [1.82, 2.24) is 0 Å². The first kappa shape index (κ1) is 15.7. The summed E-state index contributed by atoms with van der Waals surface area (Å²) in [7, 11) is 0. The molecule has 1 aliphatic carbocycles. The summed E-state index contributed by atoms with van der Waals surface area (Å²) in [5.74, 6) is 1.35. The van der Waals surface area contributed by atoms with E-state index in [0.717, 1.165) is 5.92 Å². The fourth-order valence-corrected chi connectivity index (χ4v) is 2.75. The van der Waals surface area contributed by atoms with E-state index in [2.05, 4.69) is 52.8 Å². The lowest BCUT2D eigenvalue weighted by atomic mass is 9.74. The van der Waals surface area contributed by atoms with Crippen LogP contribution in [0.2, 0.25) is 0 Å². The van der Waals surface area contributed by atoms with Crippen molar-refractivity contribution in [3.63, 3.8) is 0 Å². The molecule has 1 heteroatoms. The predicted octanol–water partition coefficient (Wildman–Crippen LogP) is 5.48. The minimum atomic E-state index is 0.576. The molecule has 1 rings (SSSR count). The Morgan fingerprint density at radius 1 is 1.32 bits per heavy atom. The highest BCUT2D eigenvalue weighted by atomic mass is 14.7. The van der Waals surface area contributed by atoms with Crippen molar-refractivity contribution >= 4 is 6.21 Å². The van der Waals surface area contributed by atoms with E-state index in [1.807, 2.05) is 6.21 Å². The number of hydrogen-bond donors (Lipinski definition) is 0. The molecule has 0 saturated heterocycles. The van der Waals surface area contributed by atoms with Crippen LogP contribution >= 0.6 is 0 Å². The molecule has 0 bridgehead atoms. The van der Waals surface area contributed by atoms with Gasteiger partial charge in [0, 0.05) is 12.1 Å². The first-order chi connectivity index (χ1) is 8.86. The summed E-state index contributed by atoms with van der Waals surface area (Å²) < 4.78 is 0. The molecular weight excluding hydrogens is 230 g/mol. The Morgan fingerprint density at radius 2 is 1.95 bits per heavy atom. The number of allylic oxidation sites excluding steroid dienone is 5. The Balaban J connectivity index is 3.00. The van der Waals surface area contributed by atoms with Gasteiger partial charge in [-0.1, -0.05) is 36.8 Å². The van der Waals surface area contributed by atoms with Crippen molar-refractivity contribution in [3.05, 3.63) is 47.2 Å². The number of rotatable bonds is 4. The Kier molecular flexibility index (Phi) is 5.53. The van der Waals surface area contributed by atoms with Gasteiger partial charge in [0.1, 0.15) is 0 Å². The molecule has 0 saturated carbocycles. The lowest BCUT2D eigenvalue weighted by molar-refractivity contribution is 0.428. The van der Waals surface area contributed by atoms with Crippen LogP contribution in [0, 0.1) is 11.8 Å². The SMILES string of the molecule is C=CC(=C)N=C/C(C)=C(\C)C1CC(C)CC(C)=C1C. The van der Waals surface area contributed by atoms with E-state index < -0.39 is 0 Å². The Morgan fingerprint density at radius 3 is 2.53 bits per heavy atom. The molecule has 0 amide bonds. The Labute approximate surface area is 118 Å². The van der Waals surface area contributed by atoms with Gasteiger partial charge in [-0.3, -0.25) is 4.99 Å². The Hall–Kier alpha value is -1.37. The van der Waals surface area contributed by atoms with Gasteiger partial charge in [0.2, 0.25) is 0 Å². The van der Waals surface area contributed by atoms with Crippen LogP contribution in [0.5, 0.6) is 0 Å². The normalized spacial score (nSPS) is 25.5. The summed E-state index contributed by atoms with van der Waals surface area (Å²) >= 11 is 0. The minimum absolute atomic E-state index is 0.576. The minimum Gasteiger partial charge on any atom is -0.257 e. The molecule has 0 aromatic carbocycles. The maximum absolute atomic E-state index is 4.31. The molecule has 0 N–H and O–H groups in total. The zero-order valence-corrected chi connectivity index (χ0v) is 13.1. The molecule has 0 radical (unpaired) electrons. The molecule has 2 atom stereocenters. The summed E-state index contributed by atoms with van der Waals surface area (Å²) in [6, 6.07) is 0. The van der Waals surface area contributed by atoms with Crippen molar-refractivity contribution < 1.29 is 0 Å². The molecule has 19 heavy (non-hydrogen) atoms. The smallest absolute Gasteiger partial charge is 0.0552 e. The topological polar surface area (TPSA) is 12.4 Å². The summed E-state index contributed by atoms with van der Waals surface area (Å²) in [6.45, 7) is 18.7. The van der Waals surface area contributed by atoms with Crippen LogP contribution in [0.1, 0.15) is 47.5 Å². The van der Waals surface area contributed by atoms with Gasteiger partial charge in [0.05, 0.1) is 5.70 Å². The van der Waals surface area contributed by atoms with Gasteiger partial charge < -0.3 is 0 Å². The third kappa shape index (κ3) is 4.05. The first-order valence-electron chi connectivity index (χ1n) is 7.05. The van der Waals surface area contributed by atoms with Gasteiger partial charge in [-0.25, -0.2) is 0 Å². The van der Waals surface area contributed by atoms with Gasteiger partial charge in [-0.05, 0) is 58.1 Å². The standard InChI is InChI=1S/C18H27N/c1-8-15(5)19-11-14(4)17(7)18-10-12(2)9-13(3)16(18)6/h8,11-12,18H,1,5,9-10H2,2-4,6-7H3/b17-14+,19-11?. The molecular formula is C18H27N. The summed E-state index contributed by atoms with van der Waals surface area (Å²) in [6.07, 6.45) is 6.09. The number of nitrogens with zero attached hydrogens (tertiary/aromatic N) is 1. The lowest BCUT2D eigenvalue weighted by Gasteiger charge is -2.31. The highest BCUT2D eigenvalue weighted by molar-refractivity contribution is 5.80. The van der Waals surface area contributed by atoms with E-state index in [1.54, 1.807) is 17.2 Å². The molecule has 1 aliphatic rings. The third-order valence-corrected chi connectivity index (χ3v) is 4.29. The highest BCUT2D eigenvalue weighted by Gasteiger charge is 2.24. The van der Waals surface area contributed by atoms with Crippen molar-refractivity contribution in [2.75, 3.05) is 0 Å². The molecule has 0 aliphatic heterocycles. The zero-order chi connectivity index (χ0) is 14.6. The van der Waals surface area contributed by atoms with Crippen molar-refractivity contribution in [2.45, 2.75) is 47.5 Å². The largest absolute Gasteiger partial charge is 0.257 e. The average Bonchev–Trinajstić information content (AvgIpc) is 2.38. The molecule has 104 valence electrons. The van der Waals surface area contributed by atoms with Crippen molar-refractivity contribution in [3.8, 4) is 0 Å². The molecule has 0 spiro atoms. The molecule has 1 nitrogen and oxygen atoms in total. The zero-order valence-electron chi connectivity index (χ0n) is 13.1. The summed E-state index contributed by atoms with van der Waals surface area (Å²) in [5.41, 5.74) is 6.50. The highest BCUT2D eigenvalue weighted by Crippen LogP contribution is 2.38. The van der Waals surface area contributed by atoms with Gasteiger partial charge >= 0.3 is 0 Å². The van der Waals surface area contributed by atoms with Crippen LogP contribution in [0.25, 0.3) is 0 Å². The van der Waals surface area contributed by atoms with E-state index in [-0.39, 0.29) is 0 Å². The van der Waals surface area contributed by atoms with Crippen LogP contribution in [0.15, 0.2) is 52.2 Å². The molecule has 2 unspecified atom stereocenters. The van der Waals surface area contributed by atoms with Crippen LogP contribution in [-0.4, -0.2) is 6.21 Å². The molecule has 0 aromatic rings. The second kappa shape index (κ2) is 6.70. The van der Waals surface area contributed by atoms with E-state index >= 15 is 0 Å². The van der Waals surface area contributed by atoms with Gasteiger partial charge in [-0.15, -0.1) is 0 Å². The number of aliphatic imine (C=N–C) groups is 1. The monoisotopic (exact) mass is 257 g/mol. The molecule has 0 heterocycles. The first-order valence-corrected chi connectivity index (χ1v) is 7.05. The van der Waals surface area contributed by atoms with Crippen LogP contribution in [0.3, 0.4) is 0 Å². The van der Waals surface area contributed by atoms with Crippen LogP contribution in [-0.2, 0) is 0 Å². The van der Waals surface area contributed by atoms with Gasteiger partial charge in [0.25, 0.3) is 0 Å². The van der Waals surface area contributed by atoms with E-state index in [0.29, 0.717) is 11.6 Å². The van der Waals surface area contributed by atoms with Crippen molar-refractivity contribution in [2.24, 2.45) is 16.8 Å². The fraction of sp³-hybridized carbons (Fsp3) is 0.500. The molecule has 0 aromatic heterocycles. The predicted molar refractivity (Wildman–Crippen MR) is 86.5 cm³/mol. The maximum Gasteiger partial charge on any atom is 0.0552 e. The van der Waals surface area contributed by atoms with E-state index in [9.17, 15) is 0 Å². The average molecular weight is 257 g/mol. The Bertz CT molecular complexity index is 460. The van der Waals surface area contributed by atoms with E-state index in [1.165, 1.54) is 24.0 Å². The third-order valence-electron chi connectivity index (χ3n) is 4.29.